The van der Waals surface area contributed by atoms with E-state index in [2.05, 4.69) is 20.2 Å². The second-order valence-corrected chi connectivity index (χ2v) is 11.4. The molecule has 3 heterocycles. The number of carbonyl (C=O) groups is 2. The van der Waals surface area contributed by atoms with E-state index < -0.39 is 0 Å². The van der Waals surface area contributed by atoms with Crippen LogP contribution in [0.5, 0.6) is 0 Å². The Hall–Kier alpha value is -2.22. The van der Waals surface area contributed by atoms with Gasteiger partial charge in [-0.25, -0.2) is 9.97 Å². The van der Waals surface area contributed by atoms with Crippen LogP contribution in [-0.2, 0) is 9.59 Å². The number of thiazole rings is 1. The van der Waals surface area contributed by atoms with E-state index in [1.807, 2.05) is 17.0 Å². The van der Waals surface area contributed by atoms with E-state index in [4.69, 9.17) is 0 Å². The van der Waals surface area contributed by atoms with Crippen LogP contribution in [0.15, 0.2) is 18.3 Å². The average molecular weight is 454 g/mol. The second kappa shape index (κ2) is 7.97. The first-order valence-electron chi connectivity index (χ1n) is 12.1. The van der Waals surface area contributed by atoms with Crippen LogP contribution in [0.1, 0.15) is 44.9 Å². The fourth-order valence-electron chi connectivity index (χ4n) is 7.06. The molecule has 2 amide bonds. The average Bonchev–Trinajstić information content (AvgIpc) is 3.22. The number of aromatic nitrogens is 2. The minimum atomic E-state index is -0.129. The third-order valence-corrected chi connectivity index (χ3v) is 9.24. The van der Waals surface area contributed by atoms with Crippen molar-refractivity contribution in [2.45, 2.75) is 44.9 Å². The maximum atomic E-state index is 13.1. The van der Waals surface area contributed by atoms with E-state index in [1.165, 1.54) is 19.3 Å². The highest BCUT2D eigenvalue weighted by atomic mass is 32.1. The first-order valence-corrected chi connectivity index (χ1v) is 12.9. The zero-order valence-corrected chi connectivity index (χ0v) is 19.3. The van der Waals surface area contributed by atoms with Gasteiger partial charge in [0.25, 0.3) is 0 Å². The van der Waals surface area contributed by atoms with Gasteiger partial charge in [-0.05, 0) is 68.4 Å². The number of rotatable bonds is 5. The molecular formula is C24H31N5O2S. The summed E-state index contributed by atoms with van der Waals surface area (Å²) < 4.78 is 0. The molecule has 0 unspecified atom stereocenters. The fraction of sp³-hybridized carbons (Fsp3) is 0.667. The van der Waals surface area contributed by atoms with Crippen molar-refractivity contribution in [1.82, 2.24) is 20.2 Å². The maximum absolute atomic E-state index is 13.1. The molecule has 0 aromatic carbocycles. The molecule has 1 N–H and O–H groups in total. The summed E-state index contributed by atoms with van der Waals surface area (Å²) in [5.41, 5.74) is 0.802. The van der Waals surface area contributed by atoms with Gasteiger partial charge in [0.2, 0.25) is 11.8 Å². The second-order valence-electron chi connectivity index (χ2n) is 10.4. The predicted molar refractivity (Wildman–Crippen MR) is 124 cm³/mol. The third kappa shape index (κ3) is 3.66. The van der Waals surface area contributed by atoms with Crippen molar-refractivity contribution in [2.24, 2.45) is 23.2 Å². The van der Waals surface area contributed by atoms with Gasteiger partial charge in [0.1, 0.15) is 10.3 Å². The molecule has 0 atom stereocenters. The molecule has 5 aliphatic rings. The van der Waals surface area contributed by atoms with Crippen molar-refractivity contribution in [3.63, 3.8) is 0 Å². The van der Waals surface area contributed by atoms with E-state index in [0.717, 1.165) is 65.6 Å². The Morgan fingerprint density at radius 1 is 1.06 bits per heavy atom. The number of piperazine rings is 1. The monoisotopic (exact) mass is 453 g/mol. The van der Waals surface area contributed by atoms with Gasteiger partial charge in [0.05, 0.1) is 0 Å². The highest BCUT2D eigenvalue weighted by molar-refractivity contribution is 7.21. The summed E-state index contributed by atoms with van der Waals surface area (Å²) in [5, 5.41) is 4.13. The van der Waals surface area contributed by atoms with Gasteiger partial charge in [0, 0.05) is 50.8 Å². The lowest BCUT2D eigenvalue weighted by Crippen LogP contribution is -2.54. The van der Waals surface area contributed by atoms with Crippen molar-refractivity contribution in [3.8, 4) is 0 Å². The largest absolute Gasteiger partial charge is 0.355 e. The van der Waals surface area contributed by atoms with Gasteiger partial charge in [0.15, 0.2) is 5.13 Å². The van der Waals surface area contributed by atoms with Crippen molar-refractivity contribution >= 4 is 38.6 Å². The summed E-state index contributed by atoms with van der Waals surface area (Å²) in [4.78, 5) is 40.0. The first kappa shape index (κ1) is 20.4. The minimum Gasteiger partial charge on any atom is -0.355 e. The highest BCUT2D eigenvalue weighted by Gasteiger charge is 2.54. The number of nitrogens with zero attached hydrogens (tertiary/aromatic N) is 4. The molecule has 1 saturated heterocycles. The zero-order valence-electron chi connectivity index (χ0n) is 18.5. The summed E-state index contributed by atoms with van der Waals surface area (Å²) >= 11 is 1.61. The standard InChI is InChI=1S/C24H31N5O2S/c30-20(3-5-26-22(31)24-13-16-10-17(14-24)12-18(11-16)15-24)28-6-8-29(9-7-28)23-27-19-2-1-4-25-21(19)32-23/h1-2,4,16-18H,3,5-15H2,(H,26,31). The Balaban J connectivity index is 0.981. The van der Waals surface area contributed by atoms with Gasteiger partial charge in [-0.1, -0.05) is 11.3 Å². The van der Waals surface area contributed by atoms with E-state index in [-0.39, 0.29) is 17.2 Å². The van der Waals surface area contributed by atoms with Crippen LogP contribution in [0.3, 0.4) is 0 Å². The number of anilines is 1. The van der Waals surface area contributed by atoms with Crippen molar-refractivity contribution in [3.05, 3.63) is 18.3 Å². The Morgan fingerprint density at radius 3 is 2.41 bits per heavy atom. The molecular weight excluding hydrogens is 422 g/mol. The van der Waals surface area contributed by atoms with E-state index in [9.17, 15) is 9.59 Å². The zero-order chi connectivity index (χ0) is 21.7. The van der Waals surface area contributed by atoms with Crippen LogP contribution in [0, 0.1) is 23.2 Å². The molecule has 1 aliphatic heterocycles. The fourth-order valence-corrected chi connectivity index (χ4v) is 8.02. The smallest absolute Gasteiger partial charge is 0.226 e. The molecule has 4 bridgehead atoms. The van der Waals surface area contributed by atoms with E-state index >= 15 is 0 Å². The highest BCUT2D eigenvalue weighted by Crippen LogP contribution is 2.60. The molecule has 4 aliphatic carbocycles. The molecule has 2 aromatic heterocycles. The summed E-state index contributed by atoms with van der Waals surface area (Å²) in [6.45, 7) is 3.43. The topological polar surface area (TPSA) is 78.4 Å². The third-order valence-electron chi connectivity index (χ3n) is 8.20. The molecule has 2 aromatic rings. The van der Waals surface area contributed by atoms with Crippen molar-refractivity contribution in [1.29, 1.82) is 0 Å². The lowest BCUT2D eigenvalue weighted by molar-refractivity contribution is -0.146. The van der Waals surface area contributed by atoms with Crippen LogP contribution in [0.25, 0.3) is 10.3 Å². The van der Waals surface area contributed by atoms with Gasteiger partial charge in [-0.15, -0.1) is 0 Å². The van der Waals surface area contributed by atoms with Crippen LogP contribution in [0.4, 0.5) is 5.13 Å². The van der Waals surface area contributed by atoms with Gasteiger partial charge in [-0.3, -0.25) is 9.59 Å². The number of hydrogen-bond acceptors (Lipinski definition) is 6. The molecule has 32 heavy (non-hydrogen) atoms. The SMILES string of the molecule is O=C(CCNC(=O)C12CC3CC(CC(C3)C1)C2)N1CCN(c2nc3cccnc3s2)CC1. The minimum absolute atomic E-state index is 0.129. The van der Waals surface area contributed by atoms with E-state index in [1.54, 1.807) is 17.5 Å². The van der Waals surface area contributed by atoms with Gasteiger partial charge >= 0.3 is 0 Å². The normalized spacial score (nSPS) is 31.3. The summed E-state index contributed by atoms with van der Waals surface area (Å²) in [6.07, 6.45) is 9.41. The molecule has 170 valence electrons. The summed E-state index contributed by atoms with van der Waals surface area (Å²) in [6, 6.07) is 3.89. The Bertz CT molecular complexity index is 960. The number of amides is 2. The van der Waals surface area contributed by atoms with Crippen molar-refractivity contribution in [2.75, 3.05) is 37.6 Å². The quantitative estimate of drug-likeness (QED) is 0.753. The molecule has 4 saturated carbocycles. The Labute approximate surface area is 192 Å². The number of fused-ring (bicyclic) bond motifs is 1. The number of carbonyl (C=O) groups excluding carboxylic acids is 2. The molecule has 0 spiro atoms. The number of nitrogens with one attached hydrogen (secondary N) is 1. The lowest BCUT2D eigenvalue weighted by Gasteiger charge is -2.55. The molecule has 7 rings (SSSR count). The molecule has 8 heteroatoms. The summed E-state index contributed by atoms with van der Waals surface area (Å²) in [7, 11) is 0. The van der Waals surface area contributed by atoms with Crippen LogP contribution < -0.4 is 10.2 Å². The molecule has 0 radical (unpaired) electrons. The summed E-state index contributed by atoms with van der Waals surface area (Å²) in [5.74, 6) is 2.64. The number of pyridine rings is 1. The Kier molecular flexibility index (Phi) is 5.08. The van der Waals surface area contributed by atoms with Crippen molar-refractivity contribution < 1.29 is 9.59 Å². The van der Waals surface area contributed by atoms with Crippen LogP contribution >= 0.6 is 11.3 Å². The van der Waals surface area contributed by atoms with Gasteiger partial charge < -0.3 is 15.1 Å². The predicted octanol–water partition coefficient (Wildman–Crippen LogP) is 3.06. The van der Waals surface area contributed by atoms with Gasteiger partial charge in [-0.2, -0.15) is 0 Å². The molecule has 5 fully saturated rings. The van der Waals surface area contributed by atoms with Crippen LogP contribution in [0.2, 0.25) is 0 Å². The van der Waals surface area contributed by atoms with E-state index in [0.29, 0.717) is 26.1 Å². The Morgan fingerprint density at radius 2 is 1.75 bits per heavy atom. The maximum Gasteiger partial charge on any atom is 0.226 e. The number of hydrogen-bond donors (Lipinski definition) is 1. The first-order chi connectivity index (χ1) is 15.6. The lowest BCUT2D eigenvalue weighted by atomic mass is 9.49. The molecule has 7 nitrogen and oxygen atoms in total. The van der Waals surface area contributed by atoms with Crippen LogP contribution in [-0.4, -0.2) is 59.4 Å².